The number of rotatable bonds is 8. The van der Waals surface area contributed by atoms with Crippen LogP contribution >= 0.6 is 0 Å². The van der Waals surface area contributed by atoms with Crippen molar-refractivity contribution in [3.63, 3.8) is 0 Å². The van der Waals surface area contributed by atoms with Crippen molar-refractivity contribution < 1.29 is 9.47 Å². The standard InChI is InChI=1S/C54H61NO2/c1-51(2,3)40-33-23-25-35-42(40)55-41-34-24-22-32-39(41)44-46(55)43(36-26-16-13-17-27-36)45(52(4,5)6)48(57-50(54(10,11)12)38-30-20-15-21-31-38)47(44)56-49(53(7,8)9)37-28-18-14-19-29-37/h13-35,49-50H,1-12H3. The second-order valence-electron chi connectivity index (χ2n) is 19.9. The summed E-state index contributed by atoms with van der Waals surface area (Å²) in [4.78, 5) is 0. The van der Waals surface area contributed by atoms with E-state index >= 15 is 0 Å². The maximum absolute atomic E-state index is 7.80. The molecule has 2 atom stereocenters. The van der Waals surface area contributed by atoms with Crippen LogP contribution in [0.5, 0.6) is 11.5 Å². The highest BCUT2D eigenvalue weighted by atomic mass is 16.5. The summed E-state index contributed by atoms with van der Waals surface area (Å²) in [5.41, 5.74) is 9.39. The fourth-order valence-electron chi connectivity index (χ4n) is 8.53. The normalized spacial score (nSPS) is 13.8. The summed E-state index contributed by atoms with van der Waals surface area (Å²) in [5, 5.41) is 2.18. The van der Waals surface area contributed by atoms with Gasteiger partial charge < -0.3 is 14.0 Å². The van der Waals surface area contributed by atoms with Crippen LogP contribution in [0.1, 0.15) is 118 Å². The Kier molecular flexibility index (Phi) is 10.4. The van der Waals surface area contributed by atoms with Crippen LogP contribution < -0.4 is 9.47 Å². The Bertz CT molecular complexity index is 2480. The first kappa shape index (κ1) is 39.9. The lowest BCUT2D eigenvalue weighted by molar-refractivity contribution is 0.0608. The van der Waals surface area contributed by atoms with E-state index in [4.69, 9.17) is 9.47 Å². The van der Waals surface area contributed by atoms with Gasteiger partial charge in [0.2, 0.25) is 0 Å². The third kappa shape index (κ3) is 7.74. The van der Waals surface area contributed by atoms with Gasteiger partial charge in [-0.05, 0) is 45.2 Å². The van der Waals surface area contributed by atoms with Gasteiger partial charge in [-0.1, -0.05) is 210 Å². The minimum Gasteiger partial charge on any atom is -0.481 e. The van der Waals surface area contributed by atoms with Gasteiger partial charge in [-0.15, -0.1) is 0 Å². The number of para-hydroxylation sites is 2. The van der Waals surface area contributed by atoms with Gasteiger partial charge in [0.15, 0.2) is 11.5 Å². The van der Waals surface area contributed by atoms with Crippen LogP contribution in [-0.4, -0.2) is 4.57 Å². The fraction of sp³-hybridized carbons (Fsp3) is 0.333. The van der Waals surface area contributed by atoms with Crippen LogP contribution in [0.15, 0.2) is 140 Å². The minimum absolute atomic E-state index is 0.114. The summed E-state index contributed by atoms with van der Waals surface area (Å²) < 4.78 is 18.1. The van der Waals surface area contributed by atoms with Crippen molar-refractivity contribution in [1.82, 2.24) is 4.57 Å². The number of nitrogens with zero attached hydrogens (tertiary/aromatic N) is 1. The van der Waals surface area contributed by atoms with Gasteiger partial charge in [0, 0.05) is 33.0 Å². The topological polar surface area (TPSA) is 23.4 Å². The highest BCUT2D eigenvalue weighted by Crippen LogP contribution is 2.57. The third-order valence-corrected chi connectivity index (χ3v) is 11.0. The highest BCUT2D eigenvalue weighted by molar-refractivity contribution is 6.18. The van der Waals surface area contributed by atoms with Crippen molar-refractivity contribution in [2.75, 3.05) is 0 Å². The molecule has 0 bridgehead atoms. The summed E-state index contributed by atoms with van der Waals surface area (Å²) in [6.07, 6.45) is -0.559. The summed E-state index contributed by atoms with van der Waals surface area (Å²) in [5.74, 6) is 1.58. The van der Waals surface area contributed by atoms with Crippen molar-refractivity contribution in [1.29, 1.82) is 0 Å². The maximum Gasteiger partial charge on any atom is 0.172 e. The third-order valence-electron chi connectivity index (χ3n) is 11.0. The van der Waals surface area contributed by atoms with Crippen LogP contribution in [0.3, 0.4) is 0 Å². The van der Waals surface area contributed by atoms with Crippen molar-refractivity contribution in [2.45, 2.75) is 106 Å². The average Bonchev–Trinajstić information content (AvgIpc) is 3.50. The summed E-state index contributed by atoms with van der Waals surface area (Å²) >= 11 is 0. The molecule has 0 aliphatic rings. The summed E-state index contributed by atoms with van der Waals surface area (Å²) in [6.45, 7) is 27.5. The molecular formula is C54H61NO2. The molecule has 3 nitrogen and oxygen atoms in total. The van der Waals surface area contributed by atoms with Crippen molar-refractivity contribution in [2.24, 2.45) is 10.8 Å². The molecule has 0 N–H and O–H groups in total. The molecule has 0 spiro atoms. The van der Waals surface area contributed by atoms with Gasteiger partial charge in [0.1, 0.15) is 12.2 Å². The van der Waals surface area contributed by atoms with Gasteiger partial charge in [0.25, 0.3) is 0 Å². The maximum atomic E-state index is 7.80. The number of benzene rings is 6. The van der Waals surface area contributed by atoms with Crippen molar-refractivity contribution in [3.8, 4) is 28.3 Å². The first-order chi connectivity index (χ1) is 26.9. The molecule has 1 heterocycles. The van der Waals surface area contributed by atoms with E-state index in [1.165, 1.54) is 11.3 Å². The van der Waals surface area contributed by atoms with E-state index in [2.05, 4.69) is 227 Å². The monoisotopic (exact) mass is 755 g/mol. The largest absolute Gasteiger partial charge is 0.481 e. The minimum atomic E-state index is -0.374. The van der Waals surface area contributed by atoms with Gasteiger partial charge >= 0.3 is 0 Å². The van der Waals surface area contributed by atoms with E-state index in [9.17, 15) is 0 Å². The SMILES string of the molecule is CC(C)(C)c1ccccc1-n1c2ccccc2c2c(OC(c3ccccc3)C(C)(C)C)c(OC(c3ccccc3)C(C)(C)C)c(C(C)(C)C)c(-c3ccccc3)c21. The van der Waals surface area contributed by atoms with Crippen LogP contribution in [0, 0.1) is 10.8 Å². The molecule has 0 amide bonds. The molecule has 0 aliphatic heterocycles. The predicted octanol–water partition coefficient (Wildman–Crippen LogP) is 15.4. The quantitative estimate of drug-likeness (QED) is 0.154. The van der Waals surface area contributed by atoms with E-state index in [1.54, 1.807) is 0 Å². The van der Waals surface area contributed by atoms with E-state index in [1.807, 2.05) is 0 Å². The highest BCUT2D eigenvalue weighted by Gasteiger charge is 2.40. The Labute approximate surface area is 341 Å². The Morgan fingerprint density at radius 3 is 1.42 bits per heavy atom. The molecule has 7 aromatic rings. The fourth-order valence-corrected chi connectivity index (χ4v) is 8.53. The zero-order valence-corrected chi connectivity index (χ0v) is 36.2. The molecule has 0 saturated carbocycles. The van der Waals surface area contributed by atoms with Crippen LogP contribution in [0.25, 0.3) is 38.6 Å². The number of ether oxygens (including phenoxy) is 2. The molecular weight excluding hydrogens is 695 g/mol. The first-order valence-electron chi connectivity index (χ1n) is 20.6. The Morgan fingerprint density at radius 2 is 0.912 bits per heavy atom. The zero-order chi connectivity index (χ0) is 40.9. The van der Waals surface area contributed by atoms with Crippen LogP contribution in [-0.2, 0) is 10.8 Å². The molecule has 0 fully saturated rings. The molecule has 2 unspecified atom stereocenters. The Balaban J connectivity index is 1.76. The molecule has 0 aliphatic carbocycles. The average molecular weight is 756 g/mol. The molecule has 0 saturated heterocycles. The lowest BCUT2D eigenvalue weighted by Gasteiger charge is -2.38. The molecule has 6 aromatic carbocycles. The number of hydrogen-bond acceptors (Lipinski definition) is 2. The Hall–Kier alpha value is -5.28. The van der Waals surface area contributed by atoms with E-state index in [-0.39, 0.29) is 33.9 Å². The van der Waals surface area contributed by atoms with Gasteiger partial charge in [-0.25, -0.2) is 0 Å². The van der Waals surface area contributed by atoms with E-state index in [0.717, 1.165) is 61.1 Å². The summed E-state index contributed by atoms with van der Waals surface area (Å²) in [6, 6.07) is 50.1. The second-order valence-corrected chi connectivity index (χ2v) is 19.9. The molecule has 7 rings (SSSR count). The molecule has 57 heavy (non-hydrogen) atoms. The second kappa shape index (κ2) is 14.9. The first-order valence-corrected chi connectivity index (χ1v) is 20.6. The van der Waals surface area contributed by atoms with Crippen molar-refractivity contribution >= 4 is 21.8 Å². The zero-order valence-electron chi connectivity index (χ0n) is 36.2. The lowest BCUT2D eigenvalue weighted by Crippen LogP contribution is -2.28. The van der Waals surface area contributed by atoms with E-state index in [0.29, 0.717) is 0 Å². The van der Waals surface area contributed by atoms with Crippen LogP contribution in [0.2, 0.25) is 0 Å². The van der Waals surface area contributed by atoms with Gasteiger partial charge in [-0.2, -0.15) is 0 Å². The number of aromatic nitrogens is 1. The molecule has 1 aromatic heterocycles. The Morgan fingerprint density at radius 1 is 0.456 bits per heavy atom. The number of fused-ring (bicyclic) bond motifs is 3. The van der Waals surface area contributed by atoms with E-state index < -0.39 is 0 Å². The van der Waals surface area contributed by atoms with Gasteiger partial charge in [-0.3, -0.25) is 0 Å². The van der Waals surface area contributed by atoms with Crippen LogP contribution in [0.4, 0.5) is 0 Å². The molecule has 3 heteroatoms. The smallest absolute Gasteiger partial charge is 0.172 e. The predicted molar refractivity (Wildman–Crippen MR) is 242 cm³/mol. The summed E-state index contributed by atoms with van der Waals surface area (Å²) in [7, 11) is 0. The van der Waals surface area contributed by atoms with Gasteiger partial charge in [0.05, 0.1) is 16.4 Å². The lowest BCUT2D eigenvalue weighted by atomic mass is 9.78. The molecule has 294 valence electrons. The molecule has 0 radical (unpaired) electrons. The number of hydrogen-bond donors (Lipinski definition) is 0. The van der Waals surface area contributed by atoms with Crippen molar-refractivity contribution in [3.05, 3.63) is 162 Å².